The molecule has 2 rings (SSSR count). The van der Waals surface area contributed by atoms with Gasteiger partial charge in [0.05, 0.1) is 0 Å². The highest BCUT2D eigenvalue weighted by atomic mass is 16.1. The number of nitrogens with two attached hydrogens (primary N) is 1. The number of carbonyl (C=O) groups excluding carboxylic acids is 1. The number of benzene rings is 1. The van der Waals surface area contributed by atoms with Crippen molar-refractivity contribution in [1.82, 2.24) is 4.98 Å². The predicted molar refractivity (Wildman–Crippen MR) is 72.5 cm³/mol. The van der Waals surface area contributed by atoms with Crippen LogP contribution >= 0.6 is 0 Å². The molecule has 3 N–H and O–H groups in total. The Bertz CT molecular complexity index is 593. The summed E-state index contributed by atoms with van der Waals surface area (Å²) < 4.78 is 0. The maximum absolute atomic E-state index is 12.0. The molecule has 0 saturated carbocycles. The lowest BCUT2D eigenvalue weighted by atomic mass is 10.1. The van der Waals surface area contributed by atoms with E-state index in [1.807, 2.05) is 32.0 Å². The highest BCUT2D eigenvalue weighted by Gasteiger charge is 2.08. The summed E-state index contributed by atoms with van der Waals surface area (Å²) in [6, 6.07) is 9.00. The summed E-state index contributed by atoms with van der Waals surface area (Å²) >= 11 is 0. The first-order chi connectivity index (χ1) is 8.58. The van der Waals surface area contributed by atoms with Gasteiger partial charge in [0, 0.05) is 17.4 Å². The molecule has 0 atom stereocenters. The minimum Gasteiger partial charge on any atom is -0.384 e. The molecule has 0 bridgehead atoms. The molecular formula is C14H15N3O. The molecule has 0 aliphatic carbocycles. The normalized spacial score (nSPS) is 10.1. The van der Waals surface area contributed by atoms with Crippen LogP contribution in [0.4, 0.5) is 11.5 Å². The zero-order valence-electron chi connectivity index (χ0n) is 10.4. The van der Waals surface area contributed by atoms with Gasteiger partial charge in [-0.15, -0.1) is 0 Å². The quantitative estimate of drug-likeness (QED) is 0.849. The van der Waals surface area contributed by atoms with Gasteiger partial charge in [-0.25, -0.2) is 4.98 Å². The second-order valence-corrected chi connectivity index (χ2v) is 4.17. The van der Waals surface area contributed by atoms with Crippen LogP contribution in [0, 0.1) is 13.8 Å². The van der Waals surface area contributed by atoms with Gasteiger partial charge in [-0.2, -0.15) is 0 Å². The average molecular weight is 241 g/mol. The molecule has 0 saturated heterocycles. The van der Waals surface area contributed by atoms with E-state index in [0.717, 1.165) is 16.8 Å². The molecule has 0 aliphatic heterocycles. The Hall–Kier alpha value is -2.36. The summed E-state index contributed by atoms with van der Waals surface area (Å²) in [7, 11) is 0. The van der Waals surface area contributed by atoms with Crippen LogP contribution in [0.2, 0.25) is 0 Å². The molecule has 0 aliphatic rings. The Balaban J connectivity index is 2.24. The molecule has 1 aromatic heterocycles. The standard InChI is InChI=1S/C14H15N3O/c1-9-4-3-5-12(10(9)2)17-14(18)11-6-7-16-13(15)8-11/h3-8H,1-2H3,(H2,15,16)(H,17,18). The first-order valence-electron chi connectivity index (χ1n) is 5.67. The zero-order chi connectivity index (χ0) is 13.1. The Kier molecular flexibility index (Phi) is 3.28. The van der Waals surface area contributed by atoms with E-state index in [2.05, 4.69) is 10.3 Å². The van der Waals surface area contributed by atoms with E-state index in [1.165, 1.54) is 6.20 Å². The third kappa shape index (κ3) is 2.48. The average Bonchev–Trinajstić information content (AvgIpc) is 2.35. The van der Waals surface area contributed by atoms with Gasteiger partial charge in [-0.05, 0) is 43.2 Å². The van der Waals surface area contributed by atoms with Gasteiger partial charge < -0.3 is 11.1 Å². The fourth-order valence-corrected chi connectivity index (χ4v) is 1.67. The topological polar surface area (TPSA) is 68.0 Å². The number of rotatable bonds is 2. The van der Waals surface area contributed by atoms with Crippen LogP contribution in [0.3, 0.4) is 0 Å². The molecule has 0 radical (unpaired) electrons. The number of aryl methyl sites for hydroxylation is 1. The van der Waals surface area contributed by atoms with Crippen LogP contribution in [0.25, 0.3) is 0 Å². The number of nitrogen functional groups attached to an aromatic ring is 1. The van der Waals surface area contributed by atoms with Gasteiger partial charge in [0.1, 0.15) is 5.82 Å². The van der Waals surface area contributed by atoms with Gasteiger partial charge in [-0.3, -0.25) is 4.79 Å². The summed E-state index contributed by atoms with van der Waals surface area (Å²) in [5.41, 5.74) is 9.07. The van der Waals surface area contributed by atoms with Crippen molar-refractivity contribution < 1.29 is 4.79 Å². The molecular weight excluding hydrogens is 226 g/mol. The van der Waals surface area contributed by atoms with Crippen molar-refractivity contribution in [1.29, 1.82) is 0 Å². The minimum atomic E-state index is -0.183. The van der Waals surface area contributed by atoms with Crippen molar-refractivity contribution in [3.8, 4) is 0 Å². The van der Waals surface area contributed by atoms with E-state index < -0.39 is 0 Å². The van der Waals surface area contributed by atoms with E-state index in [9.17, 15) is 4.79 Å². The van der Waals surface area contributed by atoms with Crippen molar-refractivity contribution in [3.05, 3.63) is 53.2 Å². The predicted octanol–water partition coefficient (Wildman–Crippen LogP) is 2.53. The Morgan fingerprint density at radius 3 is 2.78 bits per heavy atom. The van der Waals surface area contributed by atoms with Gasteiger partial charge in [0.15, 0.2) is 0 Å². The van der Waals surface area contributed by atoms with Crippen LogP contribution in [-0.2, 0) is 0 Å². The monoisotopic (exact) mass is 241 g/mol. The van der Waals surface area contributed by atoms with Crippen molar-refractivity contribution in [2.24, 2.45) is 0 Å². The number of anilines is 2. The van der Waals surface area contributed by atoms with Crippen molar-refractivity contribution in [2.75, 3.05) is 11.1 Å². The van der Waals surface area contributed by atoms with Crippen LogP contribution in [0.1, 0.15) is 21.5 Å². The molecule has 0 spiro atoms. The number of amides is 1. The number of carbonyl (C=O) groups is 1. The van der Waals surface area contributed by atoms with E-state index in [4.69, 9.17) is 5.73 Å². The number of nitrogens with zero attached hydrogens (tertiary/aromatic N) is 1. The number of aromatic nitrogens is 1. The van der Waals surface area contributed by atoms with Crippen LogP contribution < -0.4 is 11.1 Å². The zero-order valence-corrected chi connectivity index (χ0v) is 10.4. The summed E-state index contributed by atoms with van der Waals surface area (Å²) in [6.07, 6.45) is 1.52. The van der Waals surface area contributed by atoms with Gasteiger partial charge in [0.25, 0.3) is 5.91 Å². The lowest BCUT2D eigenvalue weighted by Gasteiger charge is -2.10. The molecule has 1 aromatic carbocycles. The van der Waals surface area contributed by atoms with Crippen LogP contribution in [0.5, 0.6) is 0 Å². The third-order valence-electron chi connectivity index (χ3n) is 2.90. The first-order valence-corrected chi connectivity index (χ1v) is 5.67. The van der Waals surface area contributed by atoms with Crippen molar-refractivity contribution >= 4 is 17.4 Å². The lowest BCUT2D eigenvalue weighted by molar-refractivity contribution is 0.102. The third-order valence-corrected chi connectivity index (χ3v) is 2.90. The molecule has 18 heavy (non-hydrogen) atoms. The fourth-order valence-electron chi connectivity index (χ4n) is 1.67. The first kappa shape index (κ1) is 12.1. The highest BCUT2D eigenvalue weighted by molar-refractivity contribution is 6.05. The van der Waals surface area contributed by atoms with Gasteiger partial charge >= 0.3 is 0 Å². The van der Waals surface area contributed by atoms with Gasteiger partial charge in [-0.1, -0.05) is 12.1 Å². The van der Waals surface area contributed by atoms with Crippen LogP contribution in [-0.4, -0.2) is 10.9 Å². The molecule has 1 heterocycles. The second kappa shape index (κ2) is 4.87. The molecule has 0 unspecified atom stereocenters. The number of hydrogen-bond donors (Lipinski definition) is 2. The largest absolute Gasteiger partial charge is 0.384 e. The second-order valence-electron chi connectivity index (χ2n) is 4.17. The smallest absolute Gasteiger partial charge is 0.255 e. The summed E-state index contributed by atoms with van der Waals surface area (Å²) in [5.74, 6) is 0.154. The molecule has 92 valence electrons. The van der Waals surface area contributed by atoms with E-state index >= 15 is 0 Å². The Morgan fingerprint density at radius 2 is 2.06 bits per heavy atom. The summed E-state index contributed by atoms with van der Waals surface area (Å²) in [6.45, 7) is 3.99. The van der Waals surface area contributed by atoms with Crippen molar-refractivity contribution in [3.63, 3.8) is 0 Å². The molecule has 2 aromatic rings. The van der Waals surface area contributed by atoms with E-state index in [1.54, 1.807) is 12.1 Å². The number of nitrogens with one attached hydrogen (secondary N) is 1. The summed E-state index contributed by atoms with van der Waals surface area (Å²) in [5, 5.41) is 2.87. The maximum Gasteiger partial charge on any atom is 0.255 e. The summed E-state index contributed by atoms with van der Waals surface area (Å²) in [4.78, 5) is 15.9. The maximum atomic E-state index is 12.0. The minimum absolute atomic E-state index is 0.183. The molecule has 4 heteroatoms. The van der Waals surface area contributed by atoms with Crippen LogP contribution in [0.15, 0.2) is 36.5 Å². The molecule has 0 fully saturated rings. The Labute approximate surface area is 106 Å². The molecule has 1 amide bonds. The van der Waals surface area contributed by atoms with Gasteiger partial charge in [0.2, 0.25) is 0 Å². The lowest BCUT2D eigenvalue weighted by Crippen LogP contribution is -2.13. The Morgan fingerprint density at radius 1 is 1.28 bits per heavy atom. The molecule has 4 nitrogen and oxygen atoms in total. The SMILES string of the molecule is Cc1cccc(NC(=O)c2ccnc(N)c2)c1C. The van der Waals surface area contributed by atoms with Crippen molar-refractivity contribution in [2.45, 2.75) is 13.8 Å². The highest BCUT2D eigenvalue weighted by Crippen LogP contribution is 2.18. The number of pyridine rings is 1. The fraction of sp³-hybridized carbons (Fsp3) is 0.143. The van der Waals surface area contributed by atoms with E-state index in [0.29, 0.717) is 11.4 Å². The number of hydrogen-bond acceptors (Lipinski definition) is 3. The van der Waals surface area contributed by atoms with E-state index in [-0.39, 0.29) is 5.91 Å².